The van der Waals surface area contributed by atoms with Gasteiger partial charge in [-0.15, -0.1) is 0 Å². The second-order valence-electron chi connectivity index (χ2n) is 8.01. The van der Waals surface area contributed by atoms with Gasteiger partial charge in [0.2, 0.25) is 0 Å². The molecule has 0 spiro atoms. The third-order valence-corrected chi connectivity index (χ3v) is 5.97. The number of hydrogen-bond acceptors (Lipinski definition) is 4. The molecule has 0 atom stereocenters. The van der Waals surface area contributed by atoms with Crippen molar-refractivity contribution < 1.29 is 9.18 Å². The summed E-state index contributed by atoms with van der Waals surface area (Å²) >= 11 is 0. The Morgan fingerprint density at radius 3 is 2.52 bits per heavy atom. The van der Waals surface area contributed by atoms with Crippen LogP contribution in [0.2, 0.25) is 0 Å². The number of fused-ring (bicyclic) bond motifs is 2. The summed E-state index contributed by atoms with van der Waals surface area (Å²) in [5.74, 6) is -0.700. The molecule has 0 unspecified atom stereocenters. The first-order chi connectivity index (χ1) is 15.9. The molecule has 1 amide bonds. The van der Waals surface area contributed by atoms with Crippen LogP contribution in [0.4, 0.5) is 4.39 Å². The third kappa shape index (κ3) is 4.50. The van der Waals surface area contributed by atoms with Crippen LogP contribution in [0.15, 0.2) is 59.5 Å². The molecule has 2 heterocycles. The molecule has 0 fully saturated rings. The Bertz CT molecular complexity index is 1380. The number of hydrogen-bond donors (Lipinski definition) is 1. The highest BCUT2D eigenvalue weighted by Gasteiger charge is 2.18. The minimum Gasteiger partial charge on any atom is -0.351 e. The van der Waals surface area contributed by atoms with Crippen LogP contribution in [0.25, 0.3) is 27.5 Å². The van der Waals surface area contributed by atoms with E-state index in [9.17, 15) is 14.0 Å². The van der Waals surface area contributed by atoms with Crippen molar-refractivity contribution in [3.63, 3.8) is 0 Å². The molecular formula is C26H27FN4O2. The summed E-state index contributed by atoms with van der Waals surface area (Å²) < 4.78 is 14.9. The number of nitrogens with zero attached hydrogens (tertiary/aromatic N) is 3. The van der Waals surface area contributed by atoms with Crippen LogP contribution in [0.5, 0.6) is 0 Å². The number of benzene rings is 2. The second kappa shape index (κ2) is 9.50. The van der Waals surface area contributed by atoms with E-state index in [4.69, 9.17) is 4.98 Å². The van der Waals surface area contributed by atoms with Gasteiger partial charge in [-0.25, -0.2) is 9.37 Å². The summed E-state index contributed by atoms with van der Waals surface area (Å²) in [6, 6.07) is 13.1. The fraction of sp³-hybridized carbons (Fsp3) is 0.269. The highest BCUT2D eigenvalue weighted by atomic mass is 19.1. The van der Waals surface area contributed by atoms with E-state index in [0.29, 0.717) is 28.7 Å². The van der Waals surface area contributed by atoms with Crippen LogP contribution in [-0.2, 0) is 0 Å². The zero-order valence-corrected chi connectivity index (χ0v) is 19.1. The molecule has 0 aliphatic rings. The van der Waals surface area contributed by atoms with Crippen LogP contribution in [0.1, 0.15) is 29.8 Å². The average Bonchev–Trinajstić information content (AvgIpc) is 2.82. The van der Waals surface area contributed by atoms with Gasteiger partial charge in [0, 0.05) is 30.4 Å². The molecule has 0 saturated heterocycles. The number of aryl methyl sites for hydroxylation is 1. The maximum absolute atomic E-state index is 13.5. The highest BCUT2D eigenvalue weighted by Crippen LogP contribution is 2.23. The van der Waals surface area contributed by atoms with Gasteiger partial charge in [-0.1, -0.05) is 32.0 Å². The van der Waals surface area contributed by atoms with Gasteiger partial charge in [0.25, 0.3) is 11.5 Å². The minimum absolute atomic E-state index is 0.302. The largest absolute Gasteiger partial charge is 0.351 e. The molecule has 2 aromatic heterocycles. The van der Waals surface area contributed by atoms with Crippen molar-refractivity contribution >= 4 is 27.7 Å². The Morgan fingerprint density at radius 1 is 1.09 bits per heavy atom. The molecule has 1 N–H and O–H groups in total. The Balaban J connectivity index is 1.87. The van der Waals surface area contributed by atoms with Crippen LogP contribution in [0.3, 0.4) is 0 Å². The van der Waals surface area contributed by atoms with E-state index in [1.165, 1.54) is 35.0 Å². The lowest BCUT2D eigenvalue weighted by molar-refractivity contribution is 0.0950. The number of para-hydroxylation sites is 1. The first-order valence-corrected chi connectivity index (χ1v) is 11.1. The number of likely N-dealkylation sites (N-methyl/N-ethyl adjacent to an activating group) is 1. The number of carbonyl (C=O) groups is 1. The summed E-state index contributed by atoms with van der Waals surface area (Å²) in [5.41, 5.74) is 2.54. The lowest BCUT2D eigenvalue weighted by atomic mass is 10.1. The van der Waals surface area contributed by atoms with Crippen molar-refractivity contribution in [1.29, 1.82) is 0 Å². The number of nitrogens with one attached hydrogen (secondary N) is 1. The molecule has 0 radical (unpaired) electrons. The van der Waals surface area contributed by atoms with Crippen LogP contribution >= 0.6 is 0 Å². The van der Waals surface area contributed by atoms with Gasteiger partial charge < -0.3 is 10.2 Å². The van der Waals surface area contributed by atoms with E-state index in [1.807, 2.05) is 25.1 Å². The zero-order valence-electron chi connectivity index (χ0n) is 19.1. The number of amides is 1. The summed E-state index contributed by atoms with van der Waals surface area (Å²) in [6.45, 7) is 9.11. The Hall–Kier alpha value is -3.58. The van der Waals surface area contributed by atoms with E-state index >= 15 is 0 Å². The van der Waals surface area contributed by atoms with Crippen molar-refractivity contribution in [2.24, 2.45) is 0 Å². The molecule has 6 nitrogen and oxygen atoms in total. The first-order valence-electron chi connectivity index (χ1n) is 11.1. The zero-order chi connectivity index (χ0) is 23.5. The van der Waals surface area contributed by atoms with Gasteiger partial charge in [-0.2, -0.15) is 0 Å². The van der Waals surface area contributed by atoms with Crippen molar-refractivity contribution in [3.05, 3.63) is 82.0 Å². The summed E-state index contributed by atoms with van der Waals surface area (Å²) in [4.78, 5) is 33.6. The summed E-state index contributed by atoms with van der Waals surface area (Å²) in [6.07, 6.45) is 1.50. The fourth-order valence-corrected chi connectivity index (χ4v) is 4.02. The predicted molar refractivity (Wildman–Crippen MR) is 130 cm³/mol. The van der Waals surface area contributed by atoms with Crippen molar-refractivity contribution in [1.82, 2.24) is 19.8 Å². The normalized spacial score (nSPS) is 11.4. The van der Waals surface area contributed by atoms with Gasteiger partial charge in [-0.05, 0) is 55.9 Å². The van der Waals surface area contributed by atoms with Crippen LogP contribution in [-0.4, -0.2) is 46.5 Å². The van der Waals surface area contributed by atoms with Crippen molar-refractivity contribution in [3.8, 4) is 5.69 Å². The number of rotatable bonds is 7. The molecule has 7 heteroatoms. The Labute approximate surface area is 191 Å². The van der Waals surface area contributed by atoms with Gasteiger partial charge in [0.15, 0.2) is 0 Å². The molecule has 4 aromatic rings. The van der Waals surface area contributed by atoms with Crippen molar-refractivity contribution in [2.45, 2.75) is 20.8 Å². The second-order valence-corrected chi connectivity index (χ2v) is 8.01. The van der Waals surface area contributed by atoms with E-state index in [0.717, 1.165) is 36.1 Å². The lowest BCUT2D eigenvalue weighted by Crippen LogP contribution is -2.35. The van der Waals surface area contributed by atoms with E-state index < -0.39 is 5.82 Å². The summed E-state index contributed by atoms with van der Waals surface area (Å²) in [7, 11) is 0. The average molecular weight is 447 g/mol. The minimum atomic E-state index is -0.398. The SMILES string of the molecule is CCN(CC)CCNC(=O)c1cn(-c2ccc(F)cc2)c(=O)c2cc3cccc(C)c3nc12. The topological polar surface area (TPSA) is 67.2 Å². The maximum atomic E-state index is 13.5. The molecule has 0 saturated carbocycles. The van der Waals surface area contributed by atoms with E-state index in [1.54, 1.807) is 6.07 Å². The van der Waals surface area contributed by atoms with Gasteiger partial charge >= 0.3 is 0 Å². The number of aromatic nitrogens is 2. The number of halogens is 1. The molecule has 33 heavy (non-hydrogen) atoms. The van der Waals surface area contributed by atoms with Gasteiger partial charge in [-0.3, -0.25) is 14.2 Å². The van der Waals surface area contributed by atoms with Crippen LogP contribution in [0, 0.1) is 12.7 Å². The van der Waals surface area contributed by atoms with Crippen molar-refractivity contribution in [2.75, 3.05) is 26.2 Å². The maximum Gasteiger partial charge on any atom is 0.264 e. The Kier molecular flexibility index (Phi) is 6.51. The molecule has 0 bridgehead atoms. The first kappa shape index (κ1) is 22.6. The van der Waals surface area contributed by atoms with Gasteiger partial charge in [0.1, 0.15) is 5.82 Å². The quantitative estimate of drug-likeness (QED) is 0.435. The fourth-order valence-electron chi connectivity index (χ4n) is 4.02. The Morgan fingerprint density at radius 2 is 1.82 bits per heavy atom. The third-order valence-electron chi connectivity index (χ3n) is 5.97. The smallest absolute Gasteiger partial charge is 0.264 e. The molecule has 4 rings (SSSR count). The van der Waals surface area contributed by atoms with E-state index in [2.05, 4.69) is 24.1 Å². The van der Waals surface area contributed by atoms with E-state index in [-0.39, 0.29) is 11.5 Å². The predicted octanol–water partition coefficient (Wildman–Crippen LogP) is 4.06. The van der Waals surface area contributed by atoms with Gasteiger partial charge in [0.05, 0.1) is 22.0 Å². The summed E-state index contributed by atoms with van der Waals surface area (Å²) in [5, 5.41) is 4.13. The number of carbonyl (C=O) groups excluding carboxylic acids is 1. The molecule has 0 aliphatic heterocycles. The van der Waals surface area contributed by atoms with Crippen LogP contribution < -0.4 is 10.9 Å². The monoisotopic (exact) mass is 446 g/mol. The lowest BCUT2D eigenvalue weighted by Gasteiger charge is -2.18. The molecule has 2 aromatic carbocycles. The molecule has 170 valence electrons. The molecule has 0 aliphatic carbocycles. The highest BCUT2D eigenvalue weighted by molar-refractivity contribution is 6.07. The molecular weight excluding hydrogens is 419 g/mol. The standard InChI is InChI=1S/C26H27FN4O2/c1-4-30(5-2)14-13-28-25(32)22-16-31(20-11-9-19(27)10-12-20)26(33)21-15-18-8-6-7-17(3)23(18)29-24(21)22/h6-12,15-16H,4-5,13-14H2,1-3H3,(H,28,32). The number of pyridine rings is 2.